The zero-order chi connectivity index (χ0) is 19.2. The fourth-order valence-electron chi connectivity index (χ4n) is 3.47. The number of furan rings is 1. The van der Waals surface area contributed by atoms with Crippen molar-refractivity contribution in [1.82, 2.24) is 19.8 Å². The monoisotopic (exact) mass is 375 g/mol. The molecule has 0 unspecified atom stereocenters. The Hall–Kier alpha value is -2.19. The van der Waals surface area contributed by atoms with Gasteiger partial charge in [0.15, 0.2) is 0 Å². The molecule has 3 rings (SSSR count). The van der Waals surface area contributed by atoms with Crippen LogP contribution in [0.5, 0.6) is 0 Å². The summed E-state index contributed by atoms with van der Waals surface area (Å²) in [6.07, 6.45) is 2.45. The lowest BCUT2D eigenvalue weighted by Gasteiger charge is -2.33. The van der Waals surface area contributed by atoms with Crippen LogP contribution in [0, 0.1) is 6.92 Å². The van der Waals surface area contributed by atoms with Crippen molar-refractivity contribution >= 4 is 22.9 Å². The van der Waals surface area contributed by atoms with Crippen LogP contribution in [0.4, 0.5) is 5.82 Å². The lowest BCUT2D eigenvalue weighted by molar-refractivity contribution is 0.0526. The summed E-state index contributed by atoms with van der Waals surface area (Å²) in [4.78, 5) is 25.7. The zero-order valence-electron chi connectivity index (χ0n) is 16.5. The summed E-state index contributed by atoms with van der Waals surface area (Å²) in [6, 6.07) is 0. The molecular weight excluding hydrogens is 346 g/mol. The number of aryl methyl sites for hydroxylation is 1. The van der Waals surface area contributed by atoms with E-state index in [4.69, 9.17) is 9.15 Å². The van der Waals surface area contributed by atoms with Gasteiger partial charge in [0.25, 0.3) is 0 Å². The van der Waals surface area contributed by atoms with E-state index in [0.29, 0.717) is 34.8 Å². The fourth-order valence-corrected chi connectivity index (χ4v) is 3.47. The Kier molecular flexibility index (Phi) is 6.63. The van der Waals surface area contributed by atoms with Crippen LogP contribution in [0.25, 0.3) is 11.1 Å². The molecule has 1 aliphatic heterocycles. The molecule has 8 nitrogen and oxygen atoms in total. The van der Waals surface area contributed by atoms with Crippen molar-refractivity contribution in [3.05, 3.63) is 17.7 Å². The molecule has 3 heterocycles. The quantitative estimate of drug-likeness (QED) is 0.555. The van der Waals surface area contributed by atoms with Crippen LogP contribution in [0.15, 0.2) is 10.7 Å². The van der Waals surface area contributed by atoms with Gasteiger partial charge in [0, 0.05) is 32.7 Å². The molecule has 27 heavy (non-hydrogen) atoms. The summed E-state index contributed by atoms with van der Waals surface area (Å²) in [7, 11) is 0. The minimum atomic E-state index is -0.402. The summed E-state index contributed by atoms with van der Waals surface area (Å²) in [5.41, 5.74) is 0.814. The number of aromatic nitrogens is 2. The molecule has 1 saturated heterocycles. The summed E-state index contributed by atoms with van der Waals surface area (Å²) in [6.45, 7) is 13.5. The number of carbonyl (C=O) groups excluding carboxylic acids is 1. The van der Waals surface area contributed by atoms with Gasteiger partial charge >= 0.3 is 5.97 Å². The van der Waals surface area contributed by atoms with E-state index in [1.54, 1.807) is 13.8 Å². The highest BCUT2D eigenvalue weighted by atomic mass is 16.5. The number of nitrogens with one attached hydrogen (secondary N) is 1. The summed E-state index contributed by atoms with van der Waals surface area (Å²) < 4.78 is 10.8. The zero-order valence-corrected chi connectivity index (χ0v) is 16.5. The Balaban J connectivity index is 1.61. The third-order valence-corrected chi connectivity index (χ3v) is 5.00. The Morgan fingerprint density at radius 2 is 1.96 bits per heavy atom. The predicted molar refractivity (Wildman–Crippen MR) is 104 cm³/mol. The van der Waals surface area contributed by atoms with E-state index in [9.17, 15) is 4.79 Å². The minimum Gasteiger partial charge on any atom is -0.462 e. The molecular formula is C19H29N5O3. The maximum atomic E-state index is 12.3. The Morgan fingerprint density at radius 1 is 1.22 bits per heavy atom. The number of carbonyl (C=O) groups is 1. The number of fused-ring (bicyclic) bond motifs is 1. The second kappa shape index (κ2) is 9.14. The first-order valence-corrected chi connectivity index (χ1v) is 9.73. The highest BCUT2D eigenvalue weighted by Crippen LogP contribution is 2.29. The van der Waals surface area contributed by atoms with Crippen LogP contribution in [-0.2, 0) is 4.74 Å². The second-order valence-electron chi connectivity index (χ2n) is 6.71. The standard InChI is InChI=1S/C19H29N5O3/c1-4-23-9-11-24(12-10-23)8-6-7-20-17-16-15(19(25)26-5-2)14(3)27-18(16)22-13-21-17/h13H,4-12H2,1-3H3,(H,20,21,22). The molecule has 0 aliphatic carbocycles. The van der Waals surface area contributed by atoms with Crippen LogP contribution < -0.4 is 5.32 Å². The average Bonchev–Trinajstić information content (AvgIpc) is 3.02. The van der Waals surface area contributed by atoms with Crippen molar-refractivity contribution in [3.8, 4) is 0 Å². The highest BCUT2D eigenvalue weighted by Gasteiger charge is 2.23. The number of hydrogen-bond donors (Lipinski definition) is 1. The SMILES string of the molecule is CCOC(=O)c1c(C)oc2ncnc(NCCCN3CCN(CC)CC3)c12. The number of esters is 1. The average molecular weight is 375 g/mol. The van der Waals surface area contributed by atoms with Crippen molar-refractivity contribution < 1.29 is 13.9 Å². The van der Waals surface area contributed by atoms with Gasteiger partial charge in [-0.2, -0.15) is 0 Å². The number of rotatable bonds is 8. The van der Waals surface area contributed by atoms with Crippen molar-refractivity contribution in [2.75, 3.05) is 57.7 Å². The molecule has 8 heteroatoms. The molecule has 0 atom stereocenters. The normalized spacial score (nSPS) is 16.0. The summed E-state index contributed by atoms with van der Waals surface area (Å²) >= 11 is 0. The van der Waals surface area contributed by atoms with Crippen molar-refractivity contribution in [2.24, 2.45) is 0 Å². The topological polar surface area (TPSA) is 83.7 Å². The van der Waals surface area contributed by atoms with E-state index in [0.717, 1.165) is 52.2 Å². The molecule has 0 spiro atoms. The predicted octanol–water partition coefficient (Wildman–Crippen LogP) is 2.15. The van der Waals surface area contributed by atoms with E-state index in [1.165, 1.54) is 6.33 Å². The van der Waals surface area contributed by atoms with E-state index >= 15 is 0 Å². The lowest BCUT2D eigenvalue weighted by Crippen LogP contribution is -2.46. The minimum absolute atomic E-state index is 0.312. The van der Waals surface area contributed by atoms with Crippen molar-refractivity contribution in [3.63, 3.8) is 0 Å². The van der Waals surface area contributed by atoms with Crippen LogP contribution >= 0.6 is 0 Å². The smallest absolute Gasteiger partial charge is 0.342 e. The van der Waals surface area contributed by atoms with Crippen LogP contribution in [0.2, 0.25) is 0 Å². The lowest BCUT2D eigenvalue weighted by atomic mass is 10.2. The Bertz CT molecular complexity index is 768. The summed E-state index contributed by atoms with van der Waals surface area (Å²) in [5.74, 6) is 0.719. The molecule has 0 aromatic carbocycles. The number of hydrogen-bond acceptors (Lipinski definition) is 8. The molecule has 148 valence electrons. The first kappa shape index (κ1) is 19.6. The maximum absolute atomic E-state index is 12.3. The van der Waals surface area contributed by atoms with E-state index in [1.807, 2.05) is 0 Å². The van der Waals surface area contributed by atoms with Gasteiger partial charge in [0.2, 0.25) is 5.71 Å². The van der Waals surface area contributed by atoms with Crippen LogP contribution in [0.3, 0.4) is 0 Å². The number of piperazine rings is 1. The second-order valence-corrected chi connectivity index (χ2v) is 6.71. The van der Waals surface area contributed by atoms with Crippen LogP contribution in [0.1, 0.15) is 36.4 Å². The van der Waals surface area contributed by atoms with E-state index < -0.39 is 5.97 Å². The van der Waals surface area contributed by atoms with Gasteiger partial charge in [0.1, 0.15) is 23.5 Å². The van der Waals surface area contributed by atoms with Crippen molar-refractivity contribution in [1.29, 1.82) is 0 Å². The molecule has 0 bridgehead atoms. The molecule has 1 aliphatic rings. The van der Waals surface area contributed by atoms with Gasteiger partial charge in [0.05, 0.1) is 12.0 Å². The molecule has 1 fully saturated rings. The Labute approximate surface area is 159 Å². The third kappa shape index (κ3) is 4.56. The number of nitrogens with zero attached hydrogens (tertiary/aromatic N) is 4. The number of ether oxygens (including phenoxy) is 1. The van der Waals surface area contributed by atoms with Crippen LogP contribution in [-0.4, -0.2) is 78.2 Å². The molecule has 0 radical (unpaired) electrons. The highest BCUT2D eigenvalue weighted by molar-refractivity contribution is 6.07. The molecule has 0 amide bonds. The first-order chi connectivity index (χ1) is 13.1. The van der Waals surface area contributed by atoms with Gasteiger partial charge in [-0.05, 0) is 33.4 Å². The first-order valence-electron chi connectivity index (χ1n) is 9.73. The number of likely N-dealkylation sites (N-methyl/N-ethyl adjacent to an activating group) is 1. The van der Waals surface area contributed by atoms with E-state index in [2.05, 4.69) is 32.0 Å². The number of anilines is 1. The maximum Gasteiger partial charge on any atom is 0.342 e. The Morgan fingerprint density at radius 3 is 2.67 bits per heavy atom. The van der Waals surface area contributed by atoms with Gasteiger partial charge < -0.3 is 24.3 Å². The van der Waals surface area contributed by atoms with Gasteiger partial charge in [-0.15, -0.1) is 0 Å². The summed E-state index contributed by atoms with van der Waals surface area (Å²) in [5, 5.41) is 3.94. The largest absolute Gasteiger partial charge is 0.462 e. The van der Waals surface area contributed by atoms with Gasteiger partial charge in [-0.25, -0.2) is 14.8 Å². The molecule has 0 saturated carbocycles. The third-order valence-electron chi connectivity index (χ3n) is 5.00. The molecule has 2 aromatic rings. The van der Waals surface area contributed by atoms with E-state index in [-0.39, 0.29) is 0 Å². The van der Waals surface area contributed by atoms with Crippen molar-refractivity contribution in [2.45, 2.75) is 27.2 Å². The van der Waals surface area contributed by atoms with Gasteiger partial charge in [-0.3, -0.25) is 0 Å². The molecule has 2 aromatic heterocycles. The van der Waals surface area contributed by atoms with Gasteiger partial charge in [-0.1, -0.05) is 6.92 Å². The fraction of sp³-hybridized carbons (Fsp3) is 0.632. The molecule has 1 N–H and O–H groups in total.